The van der Waals surface area contributed by atoms with E-state index >= 15 is 0 Å². The Morgan fingerprint density at radius 1 is 1.39 bits per heavy atom. The summed E-state index contributed by atoms with van der Waals surface area (Å²) in [5.74, 6) is 2.29. The van der Waals surface area contributed by atoms with E-state index in [1.165, 1.54) is 0 Å². The molecular weight excluding hydrogens is 242 g/mol. The summed E-state index contributed by atoms with van der Waals surface area (Å²) in [6.07, 6.45) is -0.0217. The number of rotatable bonds is 2. The predicted octanol–water partition coefficient (Wildman–Crippen LogP) is 2.43. The SMILES string of the molecule is Cc1c(N)cc(CC(=O)O)cc1C#C[Si](C)(C)C. The van der Waals surface area contributed by atoms with Crippen LogP contribution in [0.25, 0.3) is 0 Å². The van der Waals surface area contributed by atoms with E-state index in [0.29, 0.717) is 11.3 Å². The second-order valence-electron chi connectivity index (χ2n) is 5.43. The van der Waals surface area contributed by atoms with Gasteiger partial charge >= 0.3 is 5.97 Å². The van der Waals surface area contributed by atoms with Crippen molar-refractivity contribution in [2.24, 2.45) is 0 Å². The summed E-state index contributed by atoms with van der Waals surface area (Å²) in [7, 11) is -1.45. The summed E-state index contributed by atoms with van der Waals surface area (Å²) in [5, 5.41) is 8.81. The Hall–Kier alpha value is -1.73. The predicted molar refractivity (Wildman–Crippen MR) is 77.2 cm³/mol. The maximum Gasteiger partial charge on any atom is 0.307 e. The zero-order valence-electron chi connectivity index (χ0n) is 11.3. The van der Waals surface area contributed by atoms with Gasteiger partial charge in [0.2, 0.25) is 0 Å². The molecule has 3 nitrogen and oxygen atoms in total. The van der Waals surface area contributed by atoms with Gasteiger partial charge in [0, 0.05) is 11.3 Å². The Morgan fingerprint density at radius 2 is 2.00 bits per heavy atom. The second kappa shape index (κ2) is 5.28. The number of hydrogen-bond acceptors (Lipinski definition) is 2. The summed E-state index contributed by atoms with van der Waals surface area (Å²) in [6, 6.07) is 3.54. The Labute approximate surface area is 109 Å². The monoisotopic (exact) mass is 261 g/mol. The van der Waals surface area contributed by atoms with Gasteiger partial charge in [0.25, 0.3) is 0 Å². The van der Waals surface area contributed by atoms with Crippen molar-refractivity contribution in [3.8, 4) is 11.5 Å². The molecule has 0 fully saturated rings. The van der Waals surface area contributed by atoms with Gasteiger partial charge in [0.15, 0.2) is 0 Å². The van der Waals surface area contributed by atoms with Gasteiger partial charge < -0.3 is 10.8 Å². The molecule has 0 saturated heterocycles. The van der Waals surface area contributed by atoms with Crippen LogP contribution in [0.3, 0.4) is 0 Å². The first kappa shape index (κ1) is 14.3. The maximum absolute atomic E-state index is 10.7. The van der Waals surface area contributed by atoms with Gasteiger partial charge in [0.05, 0.1) is 6.42 Å². The Kier molecular flexibility index (Phi) is 4.20. The number of nitrogens with two attached hydrogens (primary N) is 1. The van der Waals surface area contributed by atoms with E-state index in [9.17, 15) is 4.79 Å². The number of anilines is 1. The molecule has 0 spiro atoms. The van der Waals surface area contributed by atoms with Gasteiger partial charge in [-0.3, -0.25) is 4.79 Å². The number of nitrogen functional groups attached to an aromatic ring is 1. The van der Waals surface area contributed by atoms with E-state index in [1.54, 1.807) is 6.07 Å². The smallest absolute Gasteiger partial charge is 0.307 e. The van der Waals surface area contributed by atoms with Crippen LogP contribution in [0.2, 0.25) is 19.6 Å². The van der Waals surface area contributed by atoms with E-state index < -0.39 is 14.0 Å². The first-order valence-electron chi connectivity index (χ1n) is 5.83. The molecule has 0 atom stereocenters. The number of aliphatic carboxylic acids is 1. The van der Waals surface area contributed by atoms with Crippen molar-refractivity contribution < 1.29 is 9.90 Å². The zero-order chi connectivity index (χ0) is 13.9. The number of carboxylic acid groups (broad SMARTS) is 1. The molecule has 4 heteroatoms. The van der Waals surface area contributed by atoms with Crippen LogP contribution in [-0.2, 0) is 11.2 Å². The van der Waals surface area contributed by atoms with Crippen LogP contribution in [0, 0.1) is 18.4 Å². The summed E-state index contributed by atoms with van der Waals surface area (Å²) in [4.78, 5) is 10.7. The molecule has 0 aliphatic rings. The third kappa shape index (κ3) is 4.26. The third-order valence-electron chi connectivity index (χ3n) is 2.44. The molecule has 0 unspecified atom stereocenters. The molecule has 0 aliphatic carbocycles. The summed E-state index contributed by atoms with van der Waals surface area (Å²) < 4.78 is 0. The standard InChI is InChI=1S/C14H19NO2Si/c1-10-12(5-6-18(2,3)4)7-11(8-13(10)15)9-14(16)17/h7-8H,9,15H2,1-4H3,(H,16,17). The lowest BCUT2D eigenvalue weighted by Gasteiger charge is -2.08. The van der Waals surface area contributed by atoms with Gasteiger partial charge in [-0.1, -0.05) is 25.6 Å². The fourth-order valence-corrected chi connectivity index (χ4v) is 1.97. The second-order valence-corrected chi connectivity index (χ2v) is 10.2. The van der Waals surface area contributed by atoms with Crippen LogP contribution in [-0.4, -0.2) is 19.1 Å². The number of carboxylic acids is 1. The van der Waals surface area contributed by atoms with Gasteiger partial charge in [-0.05, 0) is 30.2 Å². The Bertz CT molecular complexity index is 533. The minimum absolute atomic E-state index is 0.0217. The minimum atomic E-state index is -1.45. The van der Waals surface area contributed by atoms with Crippen molar-refractivity contribution >= 4 is 19.7 Å². The van der Waals surface area contributed by atoms with Crippen molar-refractivity contribution in [2.45, 2.75) is 33.0 Å². The van der Waals surface area contributed by atoms with Gasteiger partial charge in [-0.2, -0.15) is 0 Å². The van der Waals surface area contributed by atoms with Crippen LogP contribution < -0.4 is 5.73 Å². The summed E-state index contributed by atoms with van der Waals surface area (Å²) in [5.41, 5.74) is 12.2. The minimum Gasteiger partial charge on any atom is -0.481 e. The number of hydrogen-bond donors (Lipinski definition) is 2. The summed E-state index contributed by atoms with van der Waals surface area (Å²) >= 11 is 0. The number of carbonyl (C=O) groups is 1. The molecule has 0 aromatic heterocycles. The quantitative estimate of drug-likeness (QED) is 0.488. The molecule has 0 amide bonds. The van der Waals surface area contributed by atoms with Crippen molar-refractivity contribution in [2.75, 3.05) is 5.73 Å². The van der Waals surface area contributed by atoms with Crippen molar-refractivity contribution in [3.05, 3.63) is 28.8 Å². The van der Waals surface area contributed by atoms with Crippen molar-refractivity contribution in [3.63, 3.8) is 0 Å². The lowest BCUT2D eigenvalue weighted by molar-refractivity contribution is -0.136. The average Bonchev–Trinajstić information content (AvgIpc) is 2.19. The Morgan fingerprint density at radius 3 is 2.50 bits per heavy atom. The molecule has 96 valence electrons. The van der Waals surface area contributed by atoms with Crippen LogP contribution in [0.15, 0.2) is 12.1 Å². The van der Waals surface area contributed by atoms with Crippen LogP contribution >= 0.6 is 0 Å². The molecule has 0 bridgehead atoms. The number of benzene rings is 1. The molecule has 1 aromatic rings. The van der Waals surface area contributed by atoms with Crippen LogP contribution in [0.5, 0.6) is 0 Å². The highest BCUT2D eigenvalue weighted by molar-refractivity contribution is 6.83. The van der Waals surface area contributed by atoms with Crippen molar-refractivity contribution in [1.82, 2.24) is 0 Å². The third-order valence-corrected chi connectivity index (χ3v) is 3.31. The van der Waals surface area contributed by atoms with Gasteiger partial charge in [0.1, 0.15) is 8.07 Å². The molecule has 1 rings (SSSR count). The largest absolute Gasteiger partial charge is 0.481 e. The molecule has 3 N–H and O–H groups in total. The first-order chi connectivity index (χ1) is 8.19. The lowest BCUT2D eigenvalue weighted by atomic mass is 10.0. The molecule has 1 aromatic carbocycles. The maximum atomic E-state index is 10.7. The average molecular weight is 261 g/mol. The molecular formula is C14H19NO2Si. The molecule has 18 heavy (non-hydrogen) atoms. The van der Waals surface area contributed by atoms with E-state index in [4.69, 9.17) is 10.8 Å². The van der Waals surface area contributed by atoms with E-state index in [2.05, 4.69) is 31.1 Å². The summed E-state index contributed by atoms with van der Waals surface area (Å²) in [6.45, 7) is 8.41. The van der Waals surface area contributed by atoms with Crippen LogP contribution in [0.1, 0.15) is 16.7 Å². The lowest BCUT2D eigenvalue weighted by Crippen LogP contribution is -2.16. The highest BCUT2D eigenvalue weighted by Crippen LogP contribution is 2.19. The molecule has 0 aliphatic heterocycles. The van der Waals surface area contributed by atoms with E-state index in [1.807, 2.05) is 13.0 Å². The highest BCUT2D eigenvalue weighted by Gasteiger charge is 2.10. The normalized spacial score (nSPS) is 10.7. The fourth-order valence-electron chi connectivity index (χ4n) is 1.46. The fraction of sp³-hybridized carbons (Fsp3) is 0.357. The van der Waals surface area contributed by atoms with Crippen LogP contribution in [0.4, 0.5) is 5.69 Å². The molecule has 0 saturated carbocycles. The first-order valence-corrected chi connectivity index (χ1v) is 9.33. The van der Waals surface area contributed by atoms with Gasteiger partial charge in [-0.25, -0.2) is 0 Å². The van der Waals surface area contributed by atoms with Crippen molar-refractivity contribution in [1.29, 1.82) is 0 Å². The van der Waals surface area contributed by atoms with E-state index in [-0.39, 0.29) is 6.42 Å². The van der Waals surface area contributed by atoms with Gasteiger partial charge in [-0.15, -0.1) is 5.54 Å². The van der Waals surface area contributed by atoms with E-state index in [0.717, 1.165) is 11.1 Å². The highest BCUT2D eigenvalue weighted by atomic mass is 28.3. The zero-order valence-corrected chi connectivity index (χ0v) is 12.3. The Balaban J connectivity index is 3.21. The molecule has 0 radical (unpaired) electrons. The topological polar surface area (TPSA) is 63.3 Å². The molecule has 0 heterocycles.